The number of benzene rings is 4. The van der Waals surface area contributed by atoms with Gasteiger partial charge in [-0.2, -0.15) is 26.3 Å². The van der Waals surface area contributed by atoms with Crippen LogP contribution in [0, 0.1) is 0 Å². The van der Waals surface area contributed by atoms with Crippen molar-refractivity contribution in [3.8, 4) is 11.5 Å². The van der Waals surface area contributed by atoms with E-state index in [4.69, 9.17) is 33.4 Å². The third-order valence-corrected chi connectivity index (χ3v) is 6.17. The van der Waals surface area contributed by atoms with Crippen LogP contribution in [0.3, 0.4) is 0 Å². The van der Waals surface area contributed by atoms with Gasteiger partial charge in [-0.1, -0.05) is 47.5 Å². The lowest BCUT2D eigenvalue weighted by atomic mass is 9.73. The van der Waals surface area contributed by atoms with Crippen molar-refractivity contribution in [1.29, 1.82) is 0 Å². The predicted octanol–water partition coefficient (Wildman–Crippen LogP) is 8.73. The van der Waals surface area contributed by atoms with Gasteiger partial charge >= 0.3 is 12.4 Å². The molecule has 4 rings (SSSR count). The summed E-state index contributed by atoms with van der Waals surface area (Å²) >= 11 is 11.5. The van der Waals surface area contributed by atoms with Crippen LogP contribution in [0.25, 0.3) is 0 Å². The number of phenolic OH excluding ortho intramolecular Hbond substituents is 2. The van der Waals surface area contributed by atoms with Crippen molar-refractivity contribution in [3.63, 3.8) is 0 Å². The zero-order valence-corrected chi connectivity index (χ0v) is 21.1. The largest absolute Gasteiger partial charge is 0.508 e. The van der Waals surface area contributed by atoms with E-state index in [1.807, 2.05) is 0 Å². The molecule has 11 heteroatoms. The van der Waals surface area contributed by atoms with Gasteiger partial charge in [-0.15, -0.1) is 0 Å². The summed E-state index contributed by atoms with van der Waals surface area (Å²) in [6, 6.07) is 18.9. The third-order valence-electron chi connectivity index (χ3n) is 5.66. The van der Waals surface area contributed by atoms with E-state index in [0.717, 1.165) is 24.3 Å². The number of hydrogen-bond acceptors (Lipinski definition) is 3. The molecule has 0 aliphatic rings. The molecule has 204 valence electrons. The molecule has 4 aromatic carbocycles. The average molecular weight is 587 g/mol. The normalized spacial score (nSPS) is 11.9. The Labute approximate surface area is 228 Å². The summed E-state index contributed by atoms with van der Waals surface area (Å²) in [5, 5.41) is 19.5. The van der Waals surface area contributed by atoms with Gasteiger partial charge in [0.1, 0.15) is 11.5 Å². The second-order valence-electron chi connectivity index (χ2n) is 8.18. The minimum absolute atomic E-state index is 0.0340. The number of carbonyl (C=O) groups excluding carboxylic acids is 1. The zero-order chi connectivity index (χ0) is 29.0. The van der Waals surface area contributed by atoms with Gasteiger partial charge in [0, 0.05) is 21.2 Å². The Morgan fingerprint density at radius 2 is 0.795 bits per heavy atom. The molecule has 0 aromatic heterocycles. The summed E-state index contributed by atoms with van der Waals surface area (Å²) in [5.74, 6) is -0.955. The highest BCUT2D eigenvalue weighted by atomic mass is 35.5. The van der Waals surface area contributed by atoms with Crippen LogP contribution in [-0.4, -0.2) is 28.3 Å². The first-order valence-electron chi connectivity index (χ1n) is 10.9. The highest BCUT2D eigenvalue weighted by Gasteiger charge is 2.72. The Morgan fingerprint density at radius 1 is 0.513 bits per heavy atom. The van der Waals surface area contributed by atoms with E-state index < -0.39 is 40.4 Å². The molecule has 0 amide bonds. The van der Waals surface area contributed by atoms with Crippen molar-refractivity contribution in [1.82, 2.24) is 0 Å². The number of ketones is 1. The predicted molar refractivity (Wildman–Crippen MR) is 135 cm³/mol. The number of halogens is 8. The summed E-state index contributed by atoms with van der Waals surface area (Å²) in [5.41, 5.74) is -5.21. The van der Waals surface area contributed by atoms with Crippen LogP contribution in [0.5, 0.6) is 11.5 Å². The minimum Gasteiger partial charge on any atom is -0.508 e. The standard InChI is InChI=1S/C15H10F6O2.C13H8Cl2O/c16-14(17,18)13(15(19,20)21,9-1-5-11(22)6-2-9)10-3-7-12(23)8-4-10;14-11-5-1-9(2-6-11)13(16)10-3-7-12(15)8-4-10/h1-8,22-23H;1-8H. The second-order valence-corrected chi connectivity index (χ2v) is 9.06. The maximum absolute atomic E-state index is 13.6. The lowest BCUT2D eigenvalue weighted by molar-refractivity contribution is -0.288. The molecular weight excluding hydrogens is 569 g/mol. The van der Waals surface area contributed by atoms with Gasteiger partial charge in [0.2, 0.25) is 5.41 Å². The van der Waals surface area contributed by atoms with Gasteiger partial charge in [-0.05, 0) is 83.9 Å². The molecule has 0 bridgehead atoms. The second kappa shape index (κ2) is 11.6. The molecule has 0 atom stereocenters. The molecule has 0 saturated carbocycles. The smallest absolute Gasteiger partial charge is 0.411 e. The molecule has 4 aromatic rings. The lowest BCUT2D eigenvalue weighted by Crippen LogP contribution is -2.54. The fourth-order valence-corrected chi connectivity index (χ4v) is 4.03. The van der Waals surface area contributed by atoms with E-state index in [1.54, 1.807) is 48.5 Å². The molecule has 0 aliphatic carbocycles. The van der Waals surface area contributed by atoms with E-state index in [0.29, 0.717) is 45.4 Å². The molecule has 0 unspecified atom stereocenters. The number of phenols is 2. The van der Waals surface area contributed by atoms with Gasteiger partial charge in [0.15, 0.2) is 5.78 Å². The molecule has 0 aliphatic heterocycles. The summed E-state index contributed by atoms with van der Waals surface area (Å²) in [6.07, 6.45) is -11.4. The van der Waals surface area contributed by atoms with Gasteiger partial charge in [0.25, 0.3) is 0 Å². The van der Waals surface area contributed by atoms with Gasteiger partial charge < -0.3 is 10.2 Å². The van der Waals surface area contributed by atoms with Crippen molar-refractivity contribution in [2.75, 3.05) is 0 Å². The molecule has 0 fully saturated rings. The summed E-state index contributed by atoms with van der Waals surface area (Å²) in [6.45, 7) is 0. The van der Waals surface area contributed by atoms with E-state index in [-0.39, 0.29) is 5.78 Å². The first-order valence-corrected chi connectivity index (χ1v) is 11.7. The lowest BCUT2D eigenvalue weighted by Gasteiger charge is -2.38. The van der Waals surface area contributed by atoms with E-state index in [9.17, 15) is 31.1 Å². The molecule has 39 heavy (non-hydrogen) atoms. The van der Waals surface area contributed by atoms with Crippen LogP contribution in [0.1, 0.15) is 27.0 Å². The van der Waals surface area contributed by atoms with Crippen molar-refractivity contribution in [3.05, 3.63) is 129 Å². The fraction of sp³-hybridized carbons (Fsp3) is 0.107. The summed E-state index contributed by atoms with van der Waals surface area (Å²) in [4.78, 5) is 12.0. The quantitative estimate of drug-likeness (QED) is 0.186. The molecule has 0 saturated heterocycles. The van der Waals surface area contributed by atoms with Crippen LogP contribution in [0.15, 0.2) is 97.1 Å². The Morgan fingerprint density at radius 3 is 1.05 bits per heavy atom. The SMILES string of the molecule is O=C(c1ccc(Cl)cc1)c1ccc(Cl)cc1.Oc1ccc(C(c2ccc(O)cc2)(C(F)(F)F)C(F)(F)F)cc1. The minimum atomic E-state index is -5.70. The van der Waals surface area contributed by atoms with Gasteiger partial charge in [0.05, 0.1) is 0 Å². The van der Waals surface area contributed by atoms with Crippen molar-refractivity contribution < 1.29 is 41.4 Å². The maximum Gasteiger partial charge on any atom is 0.411 e. The third kappa shape index (κ3) is 6.49. The van der Waals surface area contributed by atoms with Crippen molar-refractivity contribution in [2.24, 2.45) is 0 Å². The van der Waals surface area contributed by atoms with Crippen LogP contribution in [0.4, 0.5) is 26.3 Å². The number of alkyl halides is 6. The summed E-state index contributed by atoms with van der Waals surface area (Å²) in [7, 11) is 0. The Bertz CT molecular complexity index is 1290. The highest BCUT2D eigenvalue weighted by Crippen LogP contribution is 2.56. The van der Waals surface area contributed by atoms with Crippen LogP contribution in [-0.2, 0) is 5.41 Å². The van der Waals surface area contributed by atoms with Crippen LogP contribution in [0.2, 0.25) is 10.0 Å². The molecule has 0 radical (unpaired) electrons. The number of hydrogen-bond donors (Lipinski definition) is 2. The van der Waals surface area contributed by atoms with Crippen LogP contribution < -0.4 is 0 Å². The number of rotatable bonds is 4. The van der Waals surface area contributed by atoms with Crippen molar-refractivity contribution >= 4 is 29.0 Å². The molecule has 0 heterocycles. The van der Waals surface area contributed by atoms with Crippen molar-refractivity contribution in [2.45, 2.75) is 17.8 Å². The van der Waals surface area contributed by atoms with Gasteiger partial charge in [-0.3, -0.25) is 4.79 Å². The van der Waals surface area contributed by atoms with E-state index in [2.05, 4.69) is 0 Å². The Kier molecular flexibility index (Phi) is 8.87. The molecule has 0 spiro atoms. The van der Waals surface area contributed by atoms with E-state index >= 15 is 0 Å². The first-order chi connectivity index (χ1) is 18.2. The number of aromatic hydroxyl groups is 2. The molecular formula is C28H18Cl2F6O3. The molecule has 2 N–H and O–H groups in total. The molecule has 3 nitrogen and oxygen atoms in total. The van der Waals surface area contributed by atoms with E-state index in [1.165, 1.54) is 0 Å². The maximum atomic E-state index is 13.6. The fourth-order valence-electron chi connectivity index (χ4n) is 3.77. The first kappa shape index (κ1) is 29.9. The van der Waals surface area contributed by atoms with Crippen LogP contribution >= 0.6 is 23.2 Å². The monoisotopic (exact) mass is 586 g/mol. The Balaban J connectivity index is 0.000000230. The number of carbonyl (C=O) groups is 1. The topological polar surface area (TPSA) is 57.5 Å². The summed E-state index contributed by atoms with van der Waals surface area (Å²) < 4.78 is 81.6. The highest BCUT2D eigenvalue weighted by molar-refractivity contribution is 6.31. The Hall–Kier alpha value is -3.69. The zero-order valence-electron chi connectivity index (χ0n) is 19.6. The van der Waals surface area contributed by atoms with Gasteiger partial charge in [-0.25, -0.2) is 0 Å². The average Bonchev–Trinajstić information content (AvgIpc) is 2.86.